The fourth-order valence-corrected chi connectivity index (χ4v) is 4.99. The van der Waals surface area contributed by atoms with Gasteiger partial charge in [0, 0.05) is 5.56 Å². The van der Waals surface area contributed by atoms with Crippen molar-refractivity contribution in [3.63, 3.8) is 0 Å². The van der Waals surface area contributed by atoms with Crippen LogP contribution in [0, 0.1) is 5.92 Å². The van der Waals surface area contributed by atoms with Crippen molar-refractivity contribution in [3.05, 3.63) is 60.2 Å². The molecule has 0 bridgehead atoms. The Hall–Kier alpha value is -2.95. The highest BCUT2D eigenvalue weighted by Gasteiger charge is 2.39. The van der Waals surface area contributed by atoms with Gasteiger partial charge in [-0.1, -0.05) is 109 Å². The number of hydrogen-bond acceptors (Lipinski definition) is 4. The van der Waals surface area contributed by atoms with Crippen LogP contribution in [0.3, 0.4) is 0 Å². The molecule has 5 heteroatoms. The third-order valence-corrected chi connectivity index (χ3v) is 7.30. The molecule has 1 amide bonds. The van der Waals surface area contributed by atoms with E-state index in [2.05, 4.69) is 12.0 Å². The Morgan fingerprint density at radius 3 is 1.84 bits per heavy atom. The summed E-state index contributed by atoms with van der Waals surface area (Å²) in [5, 5.41) is 5.67. The molecular formula is C33H46N2O3. The first-order chi connectivity index (χ1) is 18.6. The number of carbonyl (C=O) groups is 2. The summed E-state index contributed by atoms with van der Waals surface area (Å²) in [6.07, 6.45) is 18.7. The van der Waals surface area contributed by atoms with E-state index in [0.717, 1.165) is 12.2 Å². The van der Waals surface area contributed by atoms with Crippen LogP contribution in [0.15, 0.2) is 59.7 Å². The molecule has 1 aliphatic heterocycles. The van der Waals surface area contributed by atoms with Crippen LogP contribution in [0.2, 0.25) is 0 Å². The van der Waals surface area contributed by atoms with E-state index in [1.165, 1.54) is 88.5 Å². The summed E-state index contributed by atoms with van der Waals surface area (Å²) in [5.74, 6) is -0.659. The van der Waals surface area contributed by atoms with Crippen LogP contribution in [0.5, 0.6) is 5.75 Å². The molecule has 0 saturated heterocycles. The summed E-state index contributed by atoms with van der Waals surface area (Å²) in [7, 11) is 0. The zero-order chi connectivity index (χ0) is 27.0. The normalized spacial score (nSPS) is 15.1. The number of Topliss-reactive ketones (excluding diaryl/α,β-unsaturated/α-hetero) is 1. The Bertz CT molecular complexity index is 1000. The average Bonchev–Trinajstić information content (AvgIpc) is 3.24. The number of carbonyl (C=O) groups excluding carboxylic acids is 2. The number of anilines is 1. The van der Waals surface area contributed by atoms with Crippen LogP contribution in [-0.2, 0) is 4.79 Å². The van der Waals surface area contributed by atoms with E-state index < -0.39 is 5.92 Å². The number of amides is 1. The lowest BCUT2D eigenvalue weighted by molar-refractivity contribution is -0.118. The van der Waals surface area contributed by atoms with Crippen molar-refractivity contribution in [1.29, 1.82) is 0 Å². The maximum absolute atomic E-state index is 13.1. The first-order valence-corrected chi connectivity index (χ1v) is 14.8. The SMILES string of the molecule is CCCCCCCCCCCCCCCCOc1ccc(C(=O)C2C(=O)N(c3ccccc3)N=C2C)cc1. The van der Waals surface area contributed by atoms with Crippen molar-refractivity contribution in [2.45, 2.75) is 104 Å². The lowest BCUT2D eigenvalue weighted by Crippen LogP contribution is -2.32. The van der Waals surface area contributed by atoms with E-state index in [0.29, 0.717) is 23.6 Å². The molecular weight excluding hydrogens is 472 g/mol. The number of ketones is 1. The van der Waals surface area contributed by atoms with Gasteiger partial charge in [0.15, 0.2) is 5.78 Å². The van der Waals surface area contributed by atoms with E-state index >= 15 is 0 Å². The van der Waals surface area contributed by atoms with Gasteiger partial charge < -0.3 is 4.74 Å². The quantitative estimate of drug-likeness (QED) is 0.106. The molecule has 0 aliphatic carbocycles. The Balaban J connectivity index is 1.27. The van der Waals surface area contributed by atoms with E-state index in [1.54, 1.807) is 19.1 Å². The van der Waals surface area contributed by atoms with Crippen molar-refractivity contribution >= 4 is 23.1 Å². The van der Waals surface area contributed by atoms with Gasteiger partial charge in [0.1, 0.15) is 11.7 Å². The van der Waals surface area contributed by atoms with Gasteiger partial charge in [0.25, 0.3) is 5.91 Å². The molecule has 1 unspecified atom stereocenters. The lowest BCUT2D eigenvalue weighted by Gasteiger charge is -2.14. The lowest BCUT2D eigenvalue weighted by atomic mass is 9.93. The van der Waals surface area contributed by atoms with Crippen molar-refractivity contribution in [2.75, 3.05) is 11.6 Å². The zero-order valence-electron chi connectivity index (χ0n) is 23.5. The van der Waals surface area contributed by atoms with Gasteiger partial charge >= 0.3 is 0 Å². The number of benzene rings is 2. The van der Waals surface area contributed by atoms with Crippen molar-refractivity contribution in [2.24, 2.45) is 11.0 Å². The van der Waals surface area contributed by atoms with E-state index in [9.17, 15) is 9.59 Å². The molecule has 1 aliphatic rings. The Morgan fingerprint density at radius 2 is 1.29 bits per heavy atom. The van der Waals surface area contributed by atoms with Gasteiger partial charge in [-0.25, -0.2) is 0 Å². The van der Waals surface area contributed by atoms with E-state index in [1.807, 2.05) is 42.5 Å². The Labute approximate surface area is 229 Å². The molecule has 0 N–H and O–H groups in total. The van der Waals surface area contributed by atoms with Crippen LogP contribution in [0.4, 0.5) is 5.69 Å². The minimum atomic E-state index is -0.877. The summed E-state index contributed by atoms with van der Waals surface area (Å²) < 4.78 is 5.88. The Kier molecular flexibility index (Phi) is 13.1. The predicted molar refractivity (Wildman–Crippen MR) is 157 cm³/mol. The smallest absolute Gasteiger partial charge is 0.264 e. The molecule has 38 heavy (non-hydrogen) atoms. The predicted octanol–water partition coefficient (Wildman–Crippen LogP) is 8.77. The number of ether oxygens (including phenoxy) is 1. The second kappa shape index (κ2) is 16.8. The third-order valence-electron chi connectivity index (χ3n) is 7.30. The van der Waals surface area contributed by atoms with Crippen LogP contribution in [0.1, 0.15) is 114 Å². The second-order valence-corrected chi connectivity index (χ2v) is 10.5. The largest absolute Gasteiger partial charge is 0.494 e. The number of para-hydroxylation sites is 1. The van der Waals surface area contributed by atoms with E-state index in [4.69, 9.17) is 4.74 Å². The average molecular weight is 519 g/mol. The molecule has 0 aromatic heterocycles. The van der Waals surface area contributed by atoms with Gasteiger partial charge in [-0.2, -0.15) is 10.1 Å². The van der Waals surface area contributed by atoms with Gasteiger partial charge in [0.05, 0.1) is 18.0 Å². The van der Waals surface area contributed by atoms with Crippen LogP contribution in [-0.4, -0.2) is 24.0 Å². The molecule has 206 valence electrons. The van der Waals surface area contributed by atoms with Crippen LogP contribution < -0.4 is 9.75 Å². The first kappa shape index (κ1) is 29.6. The van der Waals surface area contributed by atoms with Gasteiger partial charge in [-0.3, -0.25) is 9.59 Å². The molecule has 2 aromatic carbocycles. The molecule has 2 aromatic rings. The third kappa shape index (κ3) is 9.41. The van der Waals surface area contributed by atoms with Gasteiger partial charge in [0.2, 0.25) is 0 Å². The molecule has 1 heterocycles. The highest BCUT2D eigenvalue weighted by Crippen LogP contribution is 2.26. The maximum atomic E-state index is 13.1. The summed E-state index contributed by atoms with van der Waals surface area (Å²) in [6.45, 7) is 4.69. The minimum absolute atomic E-state index is 0.229. The molecule has 3 rings (SSSR count). The standard InChI is InChI=1S/C33H46N2O3/c1-3-4-5-6-7-8-9-10-11-12-13-14-15-19-26-38-30-24-22-28(23-25-30)32(36)31-27(2)34-35(33(31)37)29-20-17-16-18-21-29/h16-18,20-25,31H,3-15,19,26H2,1-2H3. The number of hydrazone groups is 1. The second-order valence-electron chi connectivity index (χ2n) is 10.5. The zero-order valence-corrected chi connectivity index (χ0v) is 23.5. The summed E-state index contributed by atoms with van der Waals surface area (Å²) in [5.41, 5.74) is 1.68. The number of rotatable bonds is 19. The van der Waals surface area contributed by atoms with Crippen molar-refractivity contribution in [1.82, 2.24) is 0 Å². The number of hydrogen-bond donors (Lipinski definition) is 0. The van der Waals surface area contributed by atoms with Crippen LogP contribution >= 0.6 is 0 Å². The van der Waals surface area contributed by atoms with Crippen molar-refractivity contribution in [3.8, 4) is 5.75 Å². The van der Waals surface area contributed by atoms with E-state index in [-0.39, 0.29) is 11.7 Å². The summed E-state index contributed by atoms with van der Waals surface area (Å²) >= 11 is 0. The number of unbranched alkanes of at least 4 members (excludes halogenated alkanes) is 13. The highest BCUT2D eigenvalue weighted by molar-refractivity contribution is 6.30. The topological polar surface area (TPSA) is 59.0 Å². The number of nitrogens with zero attached hydrogens (tertiary/aromatic N) is 2. The summed E-state index contributed by atoms with van der Waals surface area (Å²) in [6, 6.07) is 16.3. The van der Waals surface area contributed by atoms with Crippen LogP contribution in [0.25, 0.3) is 0 Å². The van der Waals surface area contributed by atoms with Gasteiger partial charge in [-0.15, -0.1) is 0 Å². The highest BCUT2D eigenvalue weighted by atomic mass is 16.5. The Morgan fingerprint density at radius 1 is 0.763 bits per heavy atom. The fourth-order valence-electron chi connectivity index (χ4n) is 4.99. The molecule has 0 saturated carbocycles. The van der Waals surface area contributed by atoms with Crippen molar-refractivity contribution < 1.29 is 14.3 Å². The maximum Gasteiger partial charge on any atom is 0.264 e. The first-order valence-electron chi connectivity index (χ1n) is 14.8. The molecule has 1 atom stereocenters. The molecule has 0 spiro atoms. The minimum Gasteiger partial charge on any atom is -0.494 e. The molecule has 5 nitrogen and oxygen atoms in total. The molecule has 0 radical (unpaired) electrons. The summed E-state index contributed by atoms with van der Waals surface area (Å²) in [4.78, 5) is 26.0. The molecule has 0 fully saturated rings. The van der Waals surface area contributed by atoms with Gasteiger partial charge in [-0.05, 0) is 49.7 Å². The monoisotopic (exact) mass is 518 g/mol. The fraction of sp³-hybridized carbons (Fsp3) is 0.545.